The minimum absolute atomic E-state index is 0.0457. The topological polar surface area (TPSA) is 145 Å². The number of methoxy groups -OCH3 is 2. The summed E-state index contributed by atoms with van der Waals surface area (Å²) in [6.07, 6.45) is 0. The molecule has 1 atom stereocenters. The second-order valence-electron chi connectivity index (χ2n) is 8.48. The smallest absolute Gasteiger partial charge is 0.350 e. The fourth-order valence-electron chi connectivity index (χ4n) is 4.37. The molecule has 1 saturated heterocycles. The number of anilines is 1. The number of ether oxygens (including phenoxy) is 4. The van der Waals surface area contributed by atoms with Crippen LogP contribution in [-0.4, -0.2) is 60.3 Å². The summed E-state index contributed by atoms with van der Waals surface area (Å²) in [6.45, 7) is 2.27. The molecule has 0 saturated carbocycles. The van der Waals surface area contributed by atoms with Crippen LogP contribution in [0.3, 0.4) is 0 Å². The Kier molecular flexibility index (Phi) is 6.95. The number of phenolic OH excluding ortho intramolecular Hbond substituents is 1. The number of aromatic nitrogens is 1. The fraction of sp³-hybridized carbons (Fsp3) is 0.231. The average Bonchev–Trinajstić information content (AvgIpc) is 3.45. The van der Waals surface area contributed by atoms with Crippen molar-refractivity contribution in [3.8, 4) is 23.0 Å². The van der Waals surface area contributed by atoms with Gasteiger partial charge in [-0.05, 0) is 58.7 Å². The van der Waals surface area contributed by atoms with Gasteiger partial charge in [0.15, 0.2) is 28.1 Å². The predicted octanol–water partition coefficient (Wildman–Crippen LogP) is 4.11. The van der Waals surface area contributed by atoms with Gasteiger partial charge in [-0.15, -0.1) is 0 Å². The minimum Gasteiger partial charge on any atom is -0.507 e. The molecule has 1 amide bonds. The predicted molar refractivity (Wildman–Crippen MR) is 143 cm³/mol. The summed E-state index contributed by atoms with van der Waals surface area (Å²) in [6, 6.07) is 6.42. The molecule has 3 aromatic rings. The summed E-state index contributed by atoms with van der Waals surface area (Å²) in [5, 5.41) is 21.9. The van der Waals surface area contributed by atoms with Crippen LogP contribution < -0.4 is 19.1 Å². The number of aromatic hydroxyl groups is 1. The zero-order valence-electron chi connectivity index (χ0n) is 20.8. The maximum absolute atomic E-state index is 13.5. The molecule has 0 aliphatic carbocycles. The van der Waals surface area contributed by atoms with Crippen molar-refractivity contribution in [1.29, 1.82) is 0 Å². The van der Waals surface area contributed by atoms with Crippen molar-refractivity contribution in [3.05, 3.63) is 62.1 Å². The van der Waals surface area contributed by atoms with E-state index in [1.165, 1.54) is 32.4 Å². The number of Topliss-reactive ketones (excluding diaryl/α,β-unsaturated/α-hetero) is 1. The van der Waals surface area contributed by atoms with Gasteiger partial charge >= 0.3 is 11.9 Å². The maximum Gasteiger partial charge on any atom is 0.350 e. The second-order valence-corrected chi connectivity index (χ2v) is 10.3. The summed E-state index contributed by atoms with van der Waals surface area (Å²) < 4.78 is 21.5. The number of fused-ring (bicyclic) bond motifs is 1. The molecule has 3 heterocycles. The number of aliphatic hydroxyl groups is 1. The quantitative estimate of drug-likeness (QED) is 0.186. The molecule has 1 aromatic heterocycles. The van der Waals surface area contributed by atoms with Crippen LogP contribution in [0.4, 0.5) is 5.13 Å². The molecule has 2 N–H and O–H groups in total. The molecule has 5 rings (SSSR count). The van der Waals surface area contributed by atoms with Crippen molar-refractivity contribution < 1.29 is 43.5 Å². The van der Waals surface area contributed by atoms with Gasteiger partial charge in [-0.3, -0.25) is 14.5 Å². The SMILES string of the molecule is COC(=O)c1sc(N2C(=O)C(=O)/C(=C(\O)c3ccc4c(c3)OCCO4)C2c2cc(Br)c(O)c(OC)c2)nc1C. The number of aliphatic hydroxyl groups excluding tert-OH is 1. The standard InChI is InChI=1S/C26H21BrN2O9S/c1-11-23(25(34)36-3)39-26(28-11)29-19(13-8-14(27)21(31)17(10-13)35-2)18(22(32)24(29)33)20(30)12-4-5-15-16(9-12)38-7-6-37-15/h4-5,8-10,19,30-31H,6-7H2,1-3H3/b20-18-. The van der Waals surface area contributed by atoms with Gasteiger partial charge in [0.05, 0.1) is 36.0 Å². The van der Waals surface area contributed by atoms with Gasteiger partial charge in [-0.1, -0.05) is 11.3 Å². The van der Waals surface area contributed by atoms with E-state index in [2.05, 4.69) is 20.9 Å². The van der Waals surface area contributed by atoms with Crippen LogP contribution in [0, 0.1) is 6.92 Å². The van der Waals surface area contributed by atoms with E-state index in [9.17, 15) is 24.6 Å². The van der Waals surface area contributed by atoms with Gasteiger partial charge in [-0.2, -0.15) is 0 Å². The summed E-state index contributed by atoms with van der Waals surface area (Å²) in [7, 11) is 2.57. The van der Waals surface area contributed by atoms with Crippen LogP contribution in [0.5, 0.6) is 23.0 Å². The summed E-state index contributed by atoms with van der Waals surface area (Å²) in [5.74, 6) is -2.30. The molecule has 2 aromatic carbocycles. The van der Waals surface area contributed by atoms with Crippen LogP contribution in [0.15, 0.2) is 40.4 Å². The van der Waals surface area contributed by atoms with E-state index in [-0.39, 0.29) is 37.1 Å². The second kappa shape index (κ2) is 10.2. The molecule has 0 spiro atoms. The third-order valence-electron chi connectivity index (χ3n) is 6.21. The Labute approximate surface area is 234 Å². The van der Waals surface area contributed by atoms with Crippen LogP contribution in [0.2, 0.25) is 0 Å². The number of carbonyl (C=O) groups is 3. The molecule has 13 heteroatoms. The first-order chi connectivity index (χ1) is 18.7. The van der Waals surface area contributed by atoms with E-state index in [1.54, 1.807) is 19.1 Å². The number of aryl methyl sites for hydroxylation is 1. The molecule has 0 radical (unpaired) electrons. The lowest BCUT2D eigenvalue weighted by Crippen LogP contribution is -2.29. The molecule has 11 nitrogen and oxygen atoms in total. The zero-order valence-corrected chi connectivity index (χ0v) is 23.2. The number of carbonyl (C=O) groups excluding carboxylic acids is 3. The molecular formula is C26H21BrN2O9S. The largest absolute Gasteiger partial charge is 0.507 e. The van der Waals surface area contributed by atoms with Crippen LogP contribution >= 0.6 is 27.3 Å². The van der Waals surface area contributed by atoms with Crippen LogP contribution in [0.25, 0.3) is 5.76 Å². The molecular weight excluding hydrogens is 596 g/mol. The molecule has 1 unspecified atom stereocenters. The summed E-state index contributed by atoms with van der Waals surface area (Å²) >= 11 is 4.15. The van der Waals surface area contributed by atoms with E-state index in [1.807, 2.05) is 0 Å². The van der Waals surface area contributed by atoms with Gasteiger partial charge in [-0.25, -0.2) is 9.78 Å². The van der Waals surface area contributed by atoms with Gasteiger partial charge in [0.1, 0.15) is 23.9 Å². The monoisotopic (exact) mass is 616 g/mol. The Morgan fingerprint density at radius 2 is 1.87 bits per heavy atom. The van der Waals surface area contributed by atoms with Crippen molar-refractivity contribution >= 4 is 55.8 Å². The molecule has 2 aliphatic heterocycles. The third kappa shape index (κ3) is 4.46. The van der Waals surface area contributed by atoms with Crippen molar-refractivity contribution in [1.82, 2.24) is 4.98 Å². The molecule has 202 valence electrons. The lowest BCUT2D eigenvalue weighted by Gasteiger charge is -2.24. The van der Waals surface area contributed by atoms with Gasteiger partial charge in [0.25, 0.3) is 5.78 Å². The van der Waals surface area contributed by atoms with Crippen molar-refractivity contribution in [2.45, 2.75) is 13.0 Å². The number of nitrogens with zero attached hydrogens (tertiary/aromatic N) is 2. The number of hydrogen-bond donors (Lipinski definition) is 2. The summed E-state index contributed by atoms with van der Waals surface area (Å²) in [5.41, 5.74) is 0.613. The number of esters is 1. The molecule has 39 heavy (non-hydrogen) atoms. The Morgan fingerprint density at radius 3 is 2.56 bits per heavy atom. The van der Waals surface area contributed by atoms with Crippen LogP contribution in [0.1, 0.15) is 32.5 Å². The first-order valence-corrected chi connectivity index (χ1v) is 13.1. The zero-order chi connectivity index (χ0) is 28.0. The van der Waals surface area contributed by atoms with Crippen LogP contribution in [-0.2, 0) is 14.3 Å². The lowest BCUT2D eigenvalue weighted by atomic mass is 9.95. The number of ketones is 1. The van der Waals surface area contributed by atoms with Gasteiger partial charge in [0, 0.05) is 5.56 Å². The minimum atomic E-state index is -1.19. The maximum atomic E-state index is 13.5. The highest BCUT2D eigenvalue weighted by Crippen LogP contribution is 2.47. The van der Waals surface area contributed by atoms with E-state index in [0.29, 0.717) is 36.0 Å². The van der Waals surface area contributed by atoms with E-state index in [0.717, 1.165) is 16.2 Å². The number of thiazole rings is 1. The van der Waals surface area contributed by atoms with Gasteiger partial charge < -0.3 is 29.2 Å². The number of halogens is 1. The number of phenols is 1. The molecule has 2 aliphatic rings. The fourth-order valence-corrected chi connectivity index (χ4v) is 5.84. The first kappa shape index (κ1) is 26.5. The van der Waals surface area contributed by atoms with E-state index in [4.69, 9.17) is 18.9 Å². The number of amides is 1. The summed E-state index contributed by atoms with van der Waals surface area (Å²) in [4.78, 5) is 44.9. The highest BCUT2D eigenvalue weighted by Gasteiger charge is 2.49. The Hall–Kier alpha value is -4.10. The van der Waals surface area contributed by atoms with Crippen molar-refractivity contribution in [3.63, 3.8) is 0 Å². The third-order valence-corrected chi connectivity index (χ3v) is 7.95. The Morgan fingerprint density at radius 1 is 1.15 bits per heavy atom. The average molecular weight is 617 g/mol. The highest BCUT2D eigenvalue weighted by molar-refractivity contribution is 9.10. The van der Waals surface area contributed by atoms with Crippen molar-refractivity contribution in [2.75, 3.05) is 32.3 Å². The van der Waals surface area contributed by atoms with E-state index < -0.39 is 29.5 Å². The van der Waals surface area contributed by atoms with Gasteiger partial charge in [0.2, 0.25) is 0 Å². The number of benzene rings is 2. The Balaban J connectivity index is 1.74. The van der Waals surface area contributed by atoms with Crippen molar-refractivity contribution in [2.24, 2.45) is 0 Å². The normalized spacial score (nSPS) is 17.8. The molecule has 1 fully saturated rings. The number of hydrogen-bond acceptors (Lipinski definition) is 11. The lowest BCUT2D eigenvalue weighted by molar-refractivity contribution is -0.132. The highest BCUT2D eigenvalue weighted by atomic mass is 79.9. The first-order valence-electron chi connectivity index (χ1n) is 11.5. The molecule has 0 bridgehead atoms. The van der Waals surface area contributed by atoms with E-state index >= 15 is 0 Å². The Bertz CT molecular complexity index is 1560. The number of rotatable bonds is 5.